The third-order valence-corrected chi connectivity index (χ3v) is 9.24. The number of ether oxygens (including phenoxy) is 1. The van der Waals surface area contributed by atoms with Crippen molar-refractivity contribution in [3.63, 3.8) is 0 Å². The summed E-state index contributed by atoms with van der Waals surface area (Å²) in [5, 5.41) is 3.67. The molecule has 3 aromatic rings. The van der Waals surface area contributed by atoms with Gasteiger partial charge in [-0.15, -0.1) is 0 Å². The predicted octanol–water partition coefficient (Wildman–Crippen LogP) is 6.14. The van der Waals surface area contributed by atoms with Gasteiger partial charge in [-0.1, -0.05) is 54.6 Å². The molecule has 2 fully saturated rings. The Morgan fingerprint density at radius 2 is 1.79 bits per heavy atom. The highest BCUT2D eigenvalue weighted by Gasteiger charge is 2.42. The molecule has 0 aromatic heterocycles. The maximum absolute atomic E-state index is 14.4. The largest absolute Gasteiger partial charge is 0.492 e. The Kier molecular flexibility index (Phi) is 8.96. The fourth-order valence-electron chi connectivity index (χ4n) is 6.23. The van der Waals surface area contributed by atoms with Crippen molar-refractivity contribution < 1.29 is 18.7 Å². The number of rotatable bonds is 10. The Morgan fingerprint density at radius 3 is 2.51 bits per heavy atom. The number of halogens is 2. The van der Waals surface area contributed by atoms with Crippen LogP contribution in [0.15, 0.2) is 82.8 Å². The molecular weight excluding hydrogens is 609 g/mol. The highest BCUT2D eigenvalue weighted by molar-refractivity contribution is 9.10. The molecule has 2 unspecified atom stereocenters. The Hall–Kier alpha value is -3.49. The Balaban J connectivity index is 1.22. The van der Waals surface area contributed by atoms with Crippen LogP contribution in [-0.2, 0) is 22.6 Å². The van der Waals surface area contributed by atoms with Crippen molar-refractivity contribution in [1.82, 2.24) is 15.1 Å². The summed E-state index contributed by atoms with van der Waals surface area (Å²) in [4.78, 5) is 30.7. The first kappa shape index (κ1) is 29.6. The van der Waals surface area contributed by atoms with E-state index in [1.165, 1.54) is 17.7 Å². The molecule has 2 aliphatic heterocycles. The normalized spacial score (nSPS) is 19.7. The molecule has 2 bridgehead atoms. The molecule has 3 aliphatic rings. The number of carbonyl (C=O) groups is 2. The van der Waals surface area contributed by atoms with Crippen molar-refractivity contribution >= 4 is 33.3 Å². The van der Waals surface area contributed by atoms with Crippen LogP contribution in [-0.4, -0.2) is 59.4 Å². The zero-order valence-electron chi connectivity index (χ0n) is 24.4. The minimum absolute atomic E-state index is 0.0492. The molecule has 1 aliphatic carbocycles. The van der Waals surface area contributed by atoms with Gasteiger partial charge in [-0.2, -0.15) is 0 Å². The van der Waals surface area contributed by atoms with E-state index < -0.39 is 0 Å². The van der Waals surface area contributed by atoms with Crippen molar-refractivity contribution in [3.8, 4) is 5.75 Å². The average molecular weight is 647 g/mol. The molecular formula is C35H37BrFN3O3. The number of hydrogen-bond acceptors (Lipinski definition) is 4. The van der Waals surface area contributed by atoms with E-state index in [-0.39, 0.29) is 35.8 Å². The van der Waals surface area contributed by atoms with Gasteiger partial charge >= 0.3 is 0 Å². The lowest BCUT2D eigenvalue weighted by Crippen LogP contribution is -2.61. The predicted molar refractivity (Wildman–Crippen MR) is 169 cm³/mol. The number of amides is 2. The van der Waals surface area contributed by atoms with Crippen LogP contribution in [0.2, 0.25) is 0 Å². The van der Waals surface area contributed by atoms with Crippen molar-refractivity contribution in [2.75, 3.05) is 19.7 Å². The van der Waals surface area contributed by atoms with Crippen molar-refractivity contribution in [1.29, 1.82) is 0 Å². The molecule has 1 saturated carbocycles. The third-order valence-electron chi connectivity index (χ3n) is 8.59. The number of fused-ring (bicyclic) bond motifs is 2. The van der Waals surface area contributed by atoms with Crippen LogP contribution in [0.4, 0.5) is 4.39 Å². The summed E-state index contributed by atoms with van der Waals surface area (Å²) in [5.74, 6) is 0.310. The quantitative estimate of drug-likeness (QED) is 0.269. The van der Waals surface area contributed by atoms with Gasteiger partial charge in [0.1, 0.15) is 11.6 Å². The summed E-state index contributed by atoms with van der Waals surface area (Å²) in [6, 6.07) is 23.3. The van der Waals surface area contributed by atoms with Crippen molar-refractivity contribution in [2.24, 2.45) is 0 Å². The first-order chi connectivity index (χ1) is 20.9. The maximum atomic E-state index is 14.4. The van der Waals surface area contributed by atoms with Gasteiger partial charge in [0.25, 0.3) is 5.91 Å². The van der Waals surface area contributed by atoms with E-state index in [1.54, 1.807) is 13.0 Å². The second-order valence-electron chi connectivity index (χ2n) is 11.8. The number of nitrogens with zero attached hydrogens (tertiary/aromatic N) is 2. The third kappa shape index (κ3) is 7.02. The molecule has 3 aromatic carbocycles. The van der Waals surface area contributed by atoms with Gasteiger partial charge in [-0.3, -0.25) is 9.59 Å². The molecule has 6 rings (SSSR count). The zero-order chi connectivity index (χ0) is 29.9. The smallest absolute Gasteiger partial charge is 0.252 e. The summed E-state index contributed by atoms with van der Waals surface area (Å²) in [6.45, 7) is 3.82. The molecule has 6 nitrogen and oxygen atoms in total. The van der Waals surface area contributed by atoms with E-state index in [0.29, 0.717) is 38.4 Å². The summed E-state index contributed by atoms with van der Waals surface area (Å²) in [7, 11) is 0. The lowest BCUT2D eigenvalue weighted by molar-refractivity contribution is -0.132. The van der Waals surface area contributed by atoms with Crippen LogP contribution in [0.5, 0.6) is 5.75 Å². The van der Waals surface area contributed by atoms with E-state index in [0.717, 1.165) is 52.4 Å². The van der Waals surface area contributed by atoms with Gasteiger partial charge in [0.15, 0.2) is 0 Å². The first-order valence-electron chi connectivity index (χ1n) is 15.1. The molecule has 2 amide bonds. The minimum Gasteiger partial charge on any atom is -0.492 e. The molecule has 1 saturated heterocycles. The summed E-state index contributed by atoms with van der Waals surface area (Å²) in [5.41, 5.74) is 5.26. The van der Waals surface area contributed by atoms with Gasteiger partial charge in [0, 0.05) is 50.3 Å². The van der Waals surface area contributed by atoms with E-state index >= 15 is 0 Å². The number of carbonyl (C=O) groups excluding carboxylic acids is 2. The Bertz CT molecular complexity index is 1510. The number of benzene rings is 3. The van der Waals surface area contributed by atoms with Crippen molar-refractivity contribution in [2.45, 2.75) is 63.7 Å². The molecule has 2 heterocycles. The maximum Gasteiger partial charge on any atom is 0.252 e. The fourth-order valence-corrected chi connectivity index (χ4v) is 6.59. The van der Waals surface area contributed by atoms with E-state index in [1.807, 2.05) is 28.0 Å². The van der Waals surface area contributed by atoms with Crippen LogP contribution in [0.3, 0.4) is 0 Å². The van der Waals surface area contributed by atoms with Gasteiger partial charge in [-0.25, -0.2) is 4.39 Å². The molecule has 8 heteroatoms. The van der Waals surface area contributed by atoms with E-state index in [9.17, 15) is 14.0 Å². The molecule has 1 N–H and O–H groups in total. The van der Waals surface area contributed by atoms with Gasteiger partial charge in [0.05, 0.1) is 17.1 Å². The summed E-state index contributed by atoms with van der Waals surface area (Å²) in [6.07, 6.45) is 4.36. The highest BCUT2D eigenvalue weighted by atomic mass is 79.9. The number of aryl methyl sites for hydroxylation is 1. The number of nitrogens with one attached hydrogen (secondary N) is 1. The second kappa shape index (κ2) is 13.0. The molecule has 2 atom stereocenters. The van der Waals surface area contributed by atoms with Gasteiger partial charge < -0.3 is 19.9 Å². The summed E-state index contributed by atoms with van der Waals surface area (Å²) >= 11 is 3.41. The minimum atomic E-state index is -0.322. The topological polar surface area (TPSA) is 61.9 Å². The standard InChI is InChI=1S/C35H37BrFN3O3/c1-23(41)39-21-28-19-30(26-11-9-24(10-12-26)8-5-17-43-33-18-27(37)13-16-31(33)36)34(32(22-39)38-28)35(42)40(29-14-15-29)20-25-6-3-2-4-7-25/h2-4,6-7,9-13,16,18,28-29,32,38H,5,8,14-15,17,19-22H2,1H3. The van der Waals surface area contributed by atoms with Crippen LogP contribution in [0.1, 0.15) is 49.3 Å². The van der Waals surface area contributed by atoms with Gasteiger partial charge in [-0.05, 0) is 82.4 Å². The van der Waals surface area contributed by atoms with Crippen LogP contribution < -0.4 is 10.1 Å². The first-order valence-corrected chi connectivity index (χ1v) is 15.9. The SMILES string of the molecule is CC(=O)N1CC2CC(c3ccc(CCCOc4cc(F)ccc4Br)cc3)=C(C(=O)N(Cc3ccccc3)C3CC3)C(C1)N2. The molecule has 0 spiro atoms. The van der Waals surface area contributed by atoms with Gasteiger partial charge in [0.2, 0.25) is 5.91 Å². The number of hydrogen-bond donors (Lipinski definition) is 1. The summed E-state index contributed by atoms with van der Waals surface area (Å²) < 4.78 is 20.1. The zero-order valence-corrected chi connectivity index (χ0v) is 26.0. The lowest BCUT2D eigenvalue weighted by atomic mass is 9.82. The number of piperazine rings is 1. The Labute approximate surface area is 261 Å². The van der Waals surface area contributed by atoms with Crippen LogP contribution >= 0.6 is 15.9 Å². The molecule has 43 heavy (non-hydrogen) atoms. The second-order valence-corrected chi connectivity index (χ2v) is 12.7. The average Bonchev–Trinajstić information content (AvgIpc) is 3.85. The highest BCUT2D eigenvalue weighted by Crippen LogP contribution is 2.37. The van der Waals surface area contributed by atoms with E-state index in [2.05, 4.69) is 57.6 Å². The Morgan fingerprint density at radius 1 is 1.02 bits per heavy atom. The van der Waals surface area contributed by atoms with Crippen LogP contribution in [0, 0.1) is 5.82 Å². The van der Waals surface area contributed by atoms with Crippen molar-refractivity contribution in [3.05, 3.63) is 105 Å². The lowest BCUT2D eigenvalue weighted by Gasteiger charge is -2.44. The fraction of sp³-hybridized carbons (Fsp3) is 0.371. The molecule has 224 valence electrons. The van der Waals surface area contributed by atoms with Crippen LogP contribution in [0.25, 0.3) is 5.57 Å². The molecule has 0 radical (unpaired) electrons. The monoisotopic (exact) mass is 645 g/mol. The van der Waals surface area contributed by atoms with E-state index in [4.69, 9.17) is 4.74 Å².